The molecule has 0 aliphatic carbocycles. The molecule has 0 aliphatic rings. The molecule has 2 aromatic rings. The van der Waals surface area contributed by atoms with Crippen molar-refractivity contribution >= 4 is 51.6 Å². The van der Waals surface area contributed by atoms with Crippen LogP contribution in [0.5, 0.6) is 0 Å². The molecule has 0 aromatic heterocycles. The lowest BCUT2D eigenvalue weighted by molar-refractivity contribution is -0.384. The van der Waals surface area contributed by atoms with Crippen LogP contribution in [-0.4, -0.2) is 16.6 Å². The maximum atomic E-state index is 11.8. The molecule has 0 saturated heterocycles. The highest BCUT2D eigenvalue weighted by atomic mass is 127. The second-order valence-electron chi connectivity index (χ2n) is 4.47. The Kier molecular flexibility index (Phi) is 6.20. The predicted octanol–water partition coefficient (Wildman–Crippen LogP) is 4.07. The average molecular weight is 428 g/mol. The van der Waals surface area contributed by atoms with Gasteiger partial charge in [-0.25, -0.2) is 0 Å². The molecule has 22 heavy (non-hydrogen) atoms. The molecule has 2 rings (SSSR count). The molecule has 0 aliphatic heterocycles. The zero-order valence-electron chi connectivity index (χ0n) is 11.5. The molecule has 0 atom stereocenters. The van der Waals surface area contributed by atoms with Crippen molar-refractivity contribution in [1.82, 2.24) is 0 Å². The van der Waals surface area contributed by atoms with Crippen LogP contribution in [0.4, 0.5) is 11.4 Å². The Morgan fingerprint density at radius 3 is 2.36 bits per heavy atom. The van der Waals surface area contributed by atoms with Crippen LogP contribution in [0.25, 0.3) is 0 Å². The number of hydrogen-bond donors (Lipinski definition) is 1. The number of thioether (sulfide) groups is 1. The Balaban J connectivity index is 1.77. The molecule has 0 fully saturated rings. The highest BCUT2D eigenvalue weighted by Gasteiger charge is 2.06. The Hall–Kier alpha value is -1.61. The second-order valence-corrected chi connectivity index (χ2v) is 6.70. The zero-order valence-corrected chi connectivity index (χ0v) is 14.5. The summed E-state index contributed by atoms with van der Waals surface area (Å²) in [7, 11) is 0. The van der Waals surface area contributed by atoms with Crippen molar-refractivity contribution in [2.45, 2.75) is 5.75 Å². The highest BCUT2D eigenvalue weighted by molar-refractivity contribution is 14.1. The number of anilines is 1. The van der Waals surface area contributed by atoms with Gasteiger partial charge in [0.05, 0.1) is 10.7 Å². The summed E-state index contributed by atoms with van der Waals surface area (Å²) < 4.78 is 1.11. The lowest BCUT2D eigenvalue weighted by atomic mass is 10.2. The van der Waals surface area contributed by atoms with Gasteiger partial charge in [-0.05, 0) is 52.4 Å². The van der Waals surface area contributed by atoms with E-state index in [2.05, 4.69) is 27.9 Å². The first-order valence-electron chi connectivity index (χ1n) is 6.41. The summed E-state index contributed by atoms with van der Waals surface area (Å²) in [6, 6.07) is 14.0. The molecule has 5 nitrogen and oxygen atoms in total. The maximum Gasteiger partial charge on any atom is 0.269 e. The Labute approximate surface area is 145 Å². The fraction of sp³-hybridized carbons (Fsp3) is 0.133. The molecular formula is C15H13IN2O3S. The van der Waals surface area contributed by atoms with Gasteiger partial charge in [0.15, 0.2) is 0 Å². The highest BCUT2D eigenvalue weighted by Crippen LogP contribution is 2.17. The molecule has 0 unspecified atom stereocenters. The van der Waals surface area contributed by atoms with E-state index in [0.29, 0.717) is 11.5 Å². The van der Waals surface area contributed by atoms with Crippen LogP contribution in [0.3, 0.4) is 0 Å². The zero-order chi connectivity index (χ0) is 15.9. The van der Waals surface area contributed by atoms with Crippen LogP contribution in [-0.2, 0) is 10.5 Å². The summed E-state index contributed by atoms with van der Waals surface area (Å²) in [5.41, 5.74) is 1.81. The number of carbonyl (C=O) groups is 1. The van der Waals surface area contributed by atoms with E-state index in [4.69, 9.17) is 0 Å². The molecule has 1 amide bonds. The molecule has 0 bridgehead atoms. The molecule has 0 spiro atoms. The number of nitro benzene ring substituents is 1. The van der Waals surface area contributed by atoms with E-state index < -0.39 is 4.92 Å². The number of amides is 1. The second kappa shape index (κ2) is 8.14. The molecule has 2 aromatic carbocycles. The van der Waals surface area contributed by atoms with Crippen molar-refractivity contribution in [2.75, 3.05) is 11.1 Å². The number of nitrogens with zero attached hydrogens (tertiary/aromatic N) is 1. The summed E-state index contributed by atoms with van der Waals surface area (Å²) in [4.78, 5) is 21.9. The molecule has 0 heterocycles. The third kappa shape index (κ3) is 5.30. The Morgan fingerprint density at radius 2 is 1.77 bits per heavy atom. The lowest BCUT2D eigenvalue weighted by Crippen LogP contribution is -2.14. The summed E-state index contributed by atoms with van der Waals surface area (Å²) >= 11 is 3.67. The van der Waals surface area contributed by atoms with Gasteiger partial charge in [-0.2, -0.15) is 0 Å². The number of hydrogen-bond acceptors (Lipinski definition) is 4. The standard InChI is InChI=1S/C15H13IN2O3S/c16-12-3-5-13(6-4-12)17-15(19)10-22-9-11-1-7-14(8-2-11)18(20)21/h1-8H,9-10H2,(H,17,19). The lowest BCUT2D eigenvalue weighted by Gasteiger charge is -2.05. The van der Waals surface area contributed by atoms with Crippen molar-refractivity contribution < 1.29 is 9.72 Å². The van der Waals surface area contributed by atoms with E-state index in [1.54, 1.807) is 12.1 Å². The largest absolute Gasteiger partial charge is 0.325 e. The third-order valence-electron chi connectivity index (χ3n) is 2.78. The van der Waals surface area contributed by atoms with E-state index in [1.165, 1.54) is 23.9 Å². The minimum atomic E-state index is -0.425. The van der Waals surface area contributed by atoms with Crippen LogP contribution >= 0.6 is 34.4 Å². The number of benzene rings is 2. The van der Waals surface area contributed by atoms with Crippen molar-refractivity contribution in [3.8, 4) is 0 Å². The molecule has 7 heteroatoms. The minimum Gasteiger partial charge on any atom is -0.325 e. The van der Waals surface area contributed by atoms with Crippen molar-refractivity contribution in [2.24, 2.45) is 0 Å². The fourth-order valence-corrected chi connectivity index (χ4v) is 2.85. The monoisotopic (exact) mass is 428 g/mol. The quantitative estimate of drug-likeness (QED) is 0.428. The molecule has 0 radical (unpaired) electrons. The van der Waals surface area contributed by atoms with Gasteiger partial charge in [-0.15, -0.1) is 11.8 Å². The smallest absolute Gasteiger partial charge is 0.269 e. The van der Waals surface area contributed by atoms with Gasteiger partial charge in [0.2, 0.25) is 5.91 Å². The Morgan fingerprint density at radius 1 is 1.14 bits per heavy atom. The number of halogens is 1. The van der Waals surface area contributed by atoms with Crippen molar-refractivity contribution in [3.05, 3.63) is 67.8 Å². The van der Waals surface area contributed by atoms with Gasteiger partial charge >= 0.3 is 0 Å². The maximum absolute atomic E-state index is 11.8. The number of rotatable bonds is 6. The molecular weight excluding hydrogens is 415 g/mol. The van der Waals surface area contributed by atoms with E-state index >= 15 is 0 Å². The molecule has 1 N–H and O–H groups in total. The van der Waals surface area contributed by atoms with Gasteiger partial charge in [0.25, 0.3) is 5.69 Å². The average Bonchev–Trinajstić information content (AvgIpc) is 2.50. The summed E-state index contributed by atoms with van der Waals surface area (Å²) in [5.74, 6) is 0.911. The van der Waals surface area contributed by atoms with Crippen molar-refractivity contribution in [1.29, 1.82) is 0 Å². The number of carbonyl (C=O) groups excluding carboxylic acids is 1. The van der Waals surface area contributed by atoms with Crippen LogP contribution in [0.2, 0.25) is 0 Å². The number of nitro groups is 1. The van der Waals surface area contributed by atoms with Gasteiger partial charge in [-0.1, -0.05) is 12.1 Å². The summed E-state index contributed by atoms with van der Waals surface area (Å²) in [5, 5.41) is 13.4. The summed E-state index contributed by atoms with van der Waals surface area (Å²) in [6.45, 7) is 0. The van der Waals surface area contributed by atoms with Crippen LogP contribution in [0, 0.1) is 13.7 Å². The van der Waals surface area contributed by atoms with Crippen LogP contribution in [0.1, 0.15) is 5.56 Å². The predicted molar refractivity (Wildman–Crippen MR) is 97.0 cm³/mol. The number of non-ortho nitro benzene ring substituents is 1. The SMILES string of the molecule is O=C(CSCc1ccc([N+](=O)[O-])cc1)Nc1ccc(I)cc1. The normalized spacial score (nSPS) is 10.2. The van der Waals surface area contributed by atoms with Gasteiger partial charge in [0.1, 0.15) is 0 Å². The number of nitrogens with one attached hydrogen (secondary N) is 1. The van der Waals surface area contributed by atoms with E-state index in [0.717, 1.165) is 14.8 Å². The van der Waals surface area contributed by atoms with Crippen LogP contribution in [0.15, 0.2) is 48.5 Å². The first kappa shape index (κ1) is 16.8. The Bertz CT molecular complexity index is 659. The van der Waals surface area contributed by atoms with E-state index in [9.17, 15) is 14.9 Å². The van der Waals surface area contributed by atoms with E-state index in [-0.39, 0.29) is 11.6 Å². The van der Waals surface area contributed by atoms with Crippen LogP contribution < -0.4 is 5.32 Å². The summed E-state index contributed by atoms with van der Waals surface area (Å²) in [6.07, 6.45) is 0. The van der Waals surface area contributed by atoms with Gasteiger partial charge < -0.3 is 5.32 Å². The molecule has 114 valence electrons. The topological polar surface area (TPSA) is 72.2 Å². The van der Waals surface area contributed by atoms with Crippen molar-refractivity contribution in [3.63, 3.8) is 0 Å². The molecule has 0 saturated carbocycles. The fourth-order valence-electron chi connectivity index (χ4n) is 1.71. The first-order valence-corrected chi connectivity index (χ1v) is 8.64. The van der Waals surface area contributed by atoms with E-state index in [1.807, 2.05) is 24.3 Å². The first-order chi connectivity index (χ1) is 10.5. The third-order valence-corrected chi connectivity index (χ3v) is 4.50. The van der Waals surface area contributed by atoms with Gasteiger partial charge in [-0.3, -0.25) is 14.9 Å². The minimum absolute atomic E-state index is 0.0619. The van der Waals surface area contributed by atoms with Gasteiger partial charge in [0, 0.05) is 27.1 Å².